The average molecular weight is 656 g/mol. The lowest BCUT2D eigenvalue weighted by atomic mass is 9.79. The van der Waals surface area contributed by atoms with Gasteiger partial charge in [-0.3, -0.25) is 9.69 Å². The zero-order valence-electron chi connectivity index (χ0n) is 27.9. The van der Waals surface area contributed by atoms with Gasteiger partial charge in [-0.1, -0.05) is 36.8 Å². The van der Waals surface area contributed by atoms with E-state index in [4.69, 9.17) is 14.2 Å². The summed E-state index contributed by atoms with van der Waals surface area (Å²) in [6.45, 7) is 7.81. The van der Waals surface area contributed by atoms with Crippen LogP contribution in [0, 0.1) is 19.8 Å². The van der Waals surface area contributed by atoms with Gasteiger partial charge in [0.2, 0.25) is 15.9 Å². The summed E-state index contributed by atoms with van der Waals surface area (Å²) in [5.74, 6) is 1.14. The maximum Gasteiger partial charge on any atom is 0.246 e. The van der Waals surface area contributed by atoms with Crippen LogP contribution in [0.4, 0.5) is 0 Å². The Morgan fingerprint density at radius 3 is 2.35 bits per heavy atom. The maximum atomic E-state index is 13.8. The van der Waals surface area contributed by atoms with Gasteiger partial charge in [0.15, 0.2) is 0 Å². The summed E-state index contributed by atoms with van der Waals surface area (Å²) >= 11 is 0. The van der Waals surface area contributed by atoms with Gasteiger partial charge in [0.05, 0.1) is 31.8 Å². The summed E-state index contributed by atoms with van der Waals surface area (Å²) in [5.41, 5.74) is 2.73. The summed E-state index contributed by atoms with van der Waals surface area (Å²) in [7, 11) is -2.14. The molecule has 2 aromatic rings. The Morgan fingerprint density at radius 1 is 0.978 bits per heavy atom. The lowest BCUT2D eigenvalue weighted by Gasteiger charge is -2.42. The topological polar surface area (TPSA) is 97.4 Å². The lowest BCUT2D eigenvalue weighted by Crippen LogP contribution is -2.49. The normalized spacial score (nSPS) is 23.9. The molecule has 3 aliphatic rings. The molecule has 2 heterocycles. The molecule has 2 aliphatic heterocycles. The second-order valence-corrected chi connectivity index (χ2v) is 15.1. The fourth-order valence-electron chi connectivity index (χ4n) is 7.80. The highest BCUT2D eigenvalue weighted by Crippen LogP contribution is 2.33. The number of amides is 1. The van der Waals surface area contributed by atoms with Crippen molar-refractivity contribution < 1.29 is 27.4 Å². The fourth-order valence-corrected chi connectivity index (χ4v) is 9.89. The number of hydrogen-bond acceptors (Lipinski definition) is 7. The number of rotatable bonds is 13. The van der Waals surface area contributed by atoms with Crippen LogP contribution in [0.3, 0.4) is 0 Å². The van der Waals surface area contributed by atoms with Gasteiger partial charge in [-0.25, -0.2) is 8.42 Å². The molecule has 9 nitrogen and oxygen atoms in total. The molecule has 0 spiro atoms. The number of benzene rings is 2. The van der Waals surface area contributed by atoms with Crippen molar-refractivity contribution in [1.82, 2.24) is 14.5 Å². The van der Waals surface area contributed by atoms with Gasteiger partial charge in [-0.2, -0.15) is 4.31 Å². The summed E-state index contributed by atoms with van der Waals surface area (Å²) in [6, 6.07) is 14.7. The molecule has 3 fully saturated rings. The van der Waals surface area contributed by atoms with Crippen molar-refractivity contribution in [3.63, 3.8) is 0 Å². The van der Waals surface area contributed by atoms with Gasteiger partial charge in [0.1, 0.15) is 12.4 Å². The Bertz CT molecular complexity index is 1350. The van der Waals surface area contributed by atoms with Crippen LogP contribution in [0.15, 0.2) is 47.4 Å². The summed E-state index contributed by atoms with van der Waals surface area (Å²) in [4.78, 5) is 15.9. The third kappa shape index (κ3) is 8.89. The number of sulfonamides is 1. The number of piperidine rings is 1. The Labute approximate surface area is 276 Å². The van der Waals surface area contributed by atoms with E-state index in [1.165, 1.54) is 5.56 Å². The second kappa shape index (κ2) is 16.6. The molecule has 46 heavy (non-hydrogen) atoms. The molecule has 254 valence electrons. The third-order valence-electron chi connectivity index (χ3n) is 10.1. The molecule has 5 rings (SSSR count). The number of nitrogens with one attached hydrogen (secondary N) is 1. The number of hydrogen-bond donors (Lipinski definition) is 1. The van der Waals surface area contributed by atoms with E-state index in [1.807, 2.05) is 13.8 Å². The van der Waals surface area contributed by atoms with E-state index in [0.717, 1.165) is 77.7 Å². The molecule has 0 aromatic heterocycles. The molecule has 1 amide bonds. The third-order valence-corrected chi connectivity index (χ3v) is 12.4. The van der Waals surface area contributed by atoms with E-state index >= 15 is 0 Å². The van der Waals surface area contributed by atoms with Crippen LogP contribution in [0.5, 0.6) is 5.75 Å². The van der Waals surface area contributed by atoms with Gasteiger partial charge in [-0.15, -0.1) is 0 Å². The first-order valence-corrected chi connectivity index (χ1v) is 18.6. The molecule has 2 aromatic carbocycles. The van der Waals surface area contributed by atoms with Gasteiger partial charge in [0, 0.05) is 37.8 Å². The van der Waals surface area contributed by atoms with E-state index in [-0.39, 0.29) is 31.2 Å². The average Bonchev–Trinajstić information content (AvgIpc) is 3.06. The van der Waals surface area contributed by atoms with Crippen molar-refractivity contribution in [1.29, 1.82) is 0 Å². The number of ether oxygens (including phenoxy) is 3. The van der Waals surface area contributed by atoms with Crippen molar-refractivity contribution in [2.75, 3.05) is 53.2 Å². The molecule has 1 N–H and O–H groups in total. The first-order chi connectivity index (χ1) is 22.3. The van der Waals surface area contributed by atoms with Crippen molar-refractivity contribution in [2.24, 2.45) is 5.92 Å². The molecule has 1 saturated carbocycles. The smallest absolute Gasteiger partial charge is 0.246 e. The quantitative estimate of drug-likeness (QED) is 0.329. The van der Waals surface area contributed by atoms with Crippen molar-refractivity contribution in [3.05, 3.63) is 59.2 Å². The minimum Gasteiger partial charge on any atom is -0.497 e. The molecule has 10 heteroatoms. The first-order valence-electron chi connectivity index (χ1n) is 17.2. The van der Waals surface area contributed by atoms with Gasteiger partial charge in [0.25, 0.3) is 0 Å². The number of methoxy groups -OCH3 is 1. The van der Waals surface area contributed by atoms with Gasteiger partial charge >= 0.3 is 0 Å². The van der Waals surface area contributed by atoms with E-state index in [9.17, 15) is 13.2 Å². The fraction of sp³-hybridized carbons (Fsp3) is 0.639. The number of nitrogens with zero attached hydrogens (tertiary/aromatic N) is 2. The van der Waals surface area contributed by atoms with E-state index in [0.29, 0.717) is 46.7 Å². The lowest BCUT2D eigenvalue weighted by molar-refractivity contribution is -0.127. The Hall–Kier alpha value is -2.50. The predicted octanol–water partition coefficient (Wildman–Crippen LogP) is 4.88. The second-order valence-electron chi connectivity index (χ2n) is 13.3. The minimum atomic E-state index is -3.72. The number of carbonyl (C=O) groups is 1. The Kier molecular flexibility index (Phi) is 12.5. The van der Waals surface area contributed by atoms with Gasteiger partial charge < -0.3 is 19.5 Å². The van der Waals surface area contributed by atoms with Crippen molar-refractivity contribution in [2.45, 2.75) is 94.7 Å². The summed E-state index contributed by atoms with van der Waals surface area (Å²) in [6.07, 6.45) is 8.83. The Balaban J connectivity index is 1.10. The number of carbonyl (C=O) groups excluding carboxylic acids is 1. The monoisotopic (exact) mass is 655 g/mol. The molecule has 2 unspecified atom stereocenters. The molecule has 0 bridgehead atoms. The van der Waals surface area contributed by atoms with Crippen LogP contribution < -0.4 is 10.1 Å². The maximum absolute atomic E-state index is 13.8. The summed E-state index contributed by atoms with van der Waals surface area (Å²) in [5, 5.41) is 3.21. The zero-order chi connectivity index (χ0) is 32.5. The highest BCUT2D eigenvalue weighted by Gasteiger charge is 2.36. The van der Waals surface area contributed by atoms with Crippen LogP contribution in [0.25, 0.3) is 0 Å². The Morgan fingerprint density at radius 2 is 1.67 bits per heavy atom. The predicted molar refractivity (Wildman–Crippen MR) is 180 cm³/mol. The standard InChI is InChI=1S/C36H53N3O6S/c1-27-23-33(43-3)24-28(2)36(27)46(41,42)39-18-8-7-11-32(39)25-45-26-35(40)37-31-15-13-30(14-16-31)34(38-19-21-44-22-20-38)17-12-29-9-5-4-6-10-29/h4-6,9-10,23-24,30-32,34H,7-8,11-22,25-26H2,1-3H3,(H,37,40). The van der Waals surface area contributed by atoms with Crippen molar-refractivity contribution in [3.8, 4) is 5.75 Å². The van der Waals surface area contributed by atoms with Crippen LogP contribution in [0.2, 0.25) is 0 Å². The van der Waals surface area contributed by atoms with Crippen LogP contribution in [-0.4, -0.2) is 94.8 Å². The van der Waals surface area contributed by atoms with E-state index < -0.39 is 10.0 Å². The van der Waals surface area contributed by atoms with Gasteiger partial charge in [-0.05, 0) is 100.0 Å². The molecule has 2 saturated heterocycles. The largest absolute Gasteiger partial charge is 0.497 e. The minimum absolute atomic E-state index is 0.0572. The van der Waals surface area contributed by atoms with E-state index in [2.05, 4.69) is 40.5 Å². The summed E-state index contributed by atoms with van der Waals surface area (Å²) < 4.78 is 46.1. The molecule has 0 radical (unpaired) electrons. The molecule has 2 atom stereocenters. The highest BCUT2D eigenvalue weighted by molar-refractivity contribution is 7.89. The molecular weight excluding hydrogens is 602 g/mol. The molecular formula is C36H53N3O6S. The number of aryl methyl sites for hydroxylation is 3. The highest BCUT2D eigenvalue weighted by atomic mass is 32.2. The first kappa shape index (κ1) is 34.8. The van der Waals surface area contributed by atoms with Crippen LogP contribution in [0.1, 0.15) is 68.1 Å². The number of morpholine rings is 1. The van der Waals surface area contributed by atoms with Crippen LogP contribution >= 0.6 is 0 Å². The molecule has 1 aliphatic carbocycles. The van der Waals surface area contributed by atoms with E-state index in [1.54, 1.807) is 23.5 Å². The SMILES string of the molecule is COc1cc(C)c(S(=O)(=O)N2CCCCC2COCC(=O)NC2CCC(C(CCc3ccccc3)N3CCOCC3)CC2)c(C)c1. The zero-order valence-corrected chi connectivity index (χ0v) is 28.7. The van der Waals surface area contributed by atoms with Crippen LogP contribution in [-0.2, 0) is 30.7 Å². The van der Waals surface area contributed by atoms with Crippen molar-refractivity contribution >= 4 is 15.9 Å².